The molecule has 3 N–H and O–H groups in total. The van der Waals surface area contributed by atoms with Gasteiger partial charge in [0.2, 0.25) is 0 Å². The van der Waals surface area contributed by atoms with Crippen molar-refractivity contribution in [2.75, 3.05) is 7.11 Å². The SMILES string of the molecule is COc1ccc(C(=O)NC2CCC(N)C2)cc1F. The van der Waals surface area contributed by atoms with Crippen molar-refractivity contribution in [2.45, 2.75) is 31.3 Å². The van der Waals surface area contributed by atoms with Gasteiger partial charge in [-0.25, -0.2) is 4.39 Å². The largest absolute Gasteiger partial charge is 0.494 e. The molecule has 2 unspecified atom stereocenters. The Labute approximate surface area is 105 Å². The predicted octanol–water partition coefficient (Wildman–Crippen LogP) is 1.44. The summed E-state index contributed by atoms with van der Waals surface area (Å²) in [6.07, 6.45) is 2.58. The van der Waals surface area contributed by atoms with Crippen LogP contribution in [0.2, 0.25) is 0 Å². The molecular weight excluding hydrogens is 235 g/mol. The van der Waals surface area contributed by atoms with Crippen LogP contribution >= 0.6 is 0 Å². The van der Waals surface area contributed by atoms with Crippen molar-refractivity contribution >= 4 is 5.91 Å². The van der Waals surface area contributed by atoms with E-state index in [1.54, 1.807) is 6.07 Å². The molecule has 2 rings (SSSR count). The Kier molecular flexibility index (Phi) is 3.81. The Morgan fingerprint density at radius 1 is 1.50 bits per heavy atom. The average Bonchev–Trinajstić information content (AvgIpc) is 2.74. The highest BCUT2D eigenvalue weighted by Crippen LogP contribution is 2.20. The summed E-state index contributed by atoms with van der Waals surface area (Å²) in [7, 11) is 1.39. The summed E-state index contributed by atoms with van der Waals surface area (Å²) in [5, 5.41) is 2.86. The molecule has 0 aromatic heterocycles. The number of carbonyl (C=O) groups excluding carboxylic acids is 1. The van der Waals surface area contributed by atoms with Gasteiger partial charge in [-0.3, -0.25) is 4.79 Å². The maximum absolute atomic E-state index is 13.5. The van der Waals surface area contributed by atoms with Gasteiger partial charge in [0.05, 0.1) is 7.11 Å². The van der Waals surface area contributed by atoms with Crippen LogP contribution in [0.4, 0.5) is 4.39 Å². The number of nitrogens with two attached hydrogens (primary N) is 1. The molecule has 0 radical (unpaired) electrons. The van der Waals surface area contributed by atoms with E-state index < -0.39 is 5.82 Å². The molecule has 0 saturated heterocycles. The summed E-state index contributed by atoms with van der Waals surface area (Å²) in [6.45, 7) is 0. The molecule has 1 aromatic carbocycles. The number of benzene rings is 1. The summed E-state index contributed by atoms with van der Waals surface area (Å²) in [5.74, 6) is -0.668. The van der Waals surface area contributed by atoms with Gasteiger partial charge in [-0.1, -0.05) is 0 Å². The molecule has 1 aliphatic carbocycles. The number of methoxy groups -OCH3 is 1. The fourth-order valence-corrected chi connectivity index (χ4v) is 2.22. The van der Waals surface area contributed by atoms with E-state index in [4.69, 9.17) is 10.5 Å². The number of ether oxygens (including phenoxy) is 1. The molecule has 98 valence electrons. The zero-order valence-corrected chi connectivity index (χ0v) is 10.3. The Hall–Kier alpha value is -1.62. The average molecular weight is 252 g/mol. The second-order valence-electron chi connectivity index (χ2n) is 4.59. The first kappa shape index (κ1) is 12.8. The zero-order valence-electron chi connectivity index (χ0n) is 10.3. The van der Waals surface area contributed by atoms with Crippen molar-refractivity contribution < 1.29 is 13.9 Å². The highest BCUT2D eigenvalue weighted by atomic mass is 19.1. The minimum absolute atomic E-state index is 0.0951. The first-order valence-corrected chi connectivity index (χ1v) is 6.00. The predicted molar refractivity (Wildman–Crippen MR) is 66.0 cm³/mol. The van der Waals surface area contributed by atoms with Crippen molar-refractivity contribution in [2.24, 2.45) is 5.73 Å². The second-order valence-corrected chi connectivity index (χ2v) is 4.59. The second kappa shape index (κ2) is 5.35. The van der Waals surface area contributed by atoms with Gasteiger partial charge in [-0.15, -0.1) is 0 Å². The molecule has 0 spiro atoms. The number of amides is 1. The molecule has 1 saturated carbocycles. The topological polar surface area (TPSA) is 64.3 Å². The van der Waals surface area contributed by atoms with Crippen molar-refractivity contribution in [3.63, 3.8) is 0 Å². The van der Waals surface area contributed by atoms with Crippen LogP contribution in [0.15, 0.2) is 18.2 Å². The first-order valence-electron chi connectivity index (χ1n) is 6.00. The van der Waals surface area contributed by atoms with E-state index in [0.29, 0.717) is 5.56 Å². The van der Waals surface area contributed by atoms with E-state index in [2.05, 4.69) is 5.32 Å². The van der Waals surface area contributed by atoms with Crippen LogP contribution < -0.4 is 15.8 Å². The van der Waals surface area contributed by atoms with Crippen molar-refractivity contribution in [1.82, 2.24) is 5.32 Å². The Bertz CT molecular complexity index is 451. The lowest BCUT2D eigenvalue weighted by Gasteiger charge is -2.12. The maximum atomic E-state index is 13.5. The number of hydrogen-bond acceptors (Lipinski definition) is 3. The van der Waals surface area contributed by atoms with Crippen LogP contribution in [0.25, 0.3) is 0 Å². The monoisotopic (exact) mass is 252 g/mol. The molecule has 1 aromatic rings. The fraction of sp³-hybridized carbons (Fsp3) is 0.462. The minimum Gasteiger partial charge on any atom is -0.494 e. The number of carbonyl (C=O) groups is 1. The van der Waals surface area contributed by atoms with E-state index in [1.807, 2.05) is 0 Å². The molecule has 0 aliphatic heterocycles. The van der Waals surface area contributed by atoms with Crippen LogP contribution in [0.3, 0.4) is 0 Å². The molecule has 1 fully saturated rings. The van der Waals surface area contributed by atoms with Crippen LogP contribution in [0.5, 0.6) is 5.75 Å². The van der Waals surface area contributed by atoms with Crippen LogP contribution in [-0.2, 0) is 0 Å². The van der Waals surface area contributed by atoms with Crippen LogP contribution in [-0.4, -0.2) is 25.1 Å². The third-order valence-electron chi connectivity index (χ3n) is 3.22. The molecule has 5 heteroatoms. The van der Waals surface area contributed by atoms with Crippen LogP contribution in [0, 0.1) is 5.82 Å². The Morgan fingerprint density at radius 3 is 2.83 bits per heavy atom. The first-order chi connectivity index (χ1) is 8.60. The number of rotatable bonds is 3. The summed E-state index contributed by atoms with van der Waals surface area (Å²) < 4.78 is 18.3. The minimum atomic E-state index is -0.534. The lowest BCUT2D eigenvalue weighted by atomic mass is 10.1. The molecular formula is C13H17FN2O2. The third kappa shape index (κ3) is 2.79. The smallest absolute Gasteiger partial charge is 0.251 e. The van der Waals surface area contributed by atoms with Crippen molar-refractivity contribution in [1.29, 1.82) is 0 Å². The number of hydrogen-bond donors (Lipinski definition) is 2. The van der Waals surface area contributed by atoms with Gasteiger partial charge < -0.3 is 15.8 Å². The zero-order chi connectivity index (χ0) is 13.1. The van der Waals surface area contributed by atoms with Gasteiger partial charge in [-0.05, 0) is 37.5 Å². The normalized spacial score (nSPS) is 22.8. The van der Waals surface area contributed by atoms with E-state index in [1.165, 1.54) is 19.2 Å². The number of halogens is 1. The van der Waals surface area contributed by atoms with E-state index in [-0.39, 0.29) is 23.7 Å². The lowest BCUT2D eigenvalue weighted by Crippen LogP contribution is -2.34. The molecule has 0 heterocycles. The van der Waals surface area contributed by atoms with Gasteiger partial charge in [0.1, 0.15) is 0 Å². The van der Waals surface area contributed by atoms with E-state index >= 15 is 0 Å². The van der Waals surface area contributed by atoms with E-state index in [9.17, 15) is 9.18 Å². The van der Waals surface area contributed by atoms with Crippen molar-refractivity contribution in [3.05, 3.63) is 29.6 Å². The van der Waals surface area contributed by atoms with Gasteiger partial charge >= 0.3 is 0 Å². The summed E-state index contributed by atoms with van der Waals surface area (Å²) in [4.78, 5) is 11.9. The van der Waals surface area contributed by atoms with Gasteiger partial charge in [-0.2, -0.15) is 0 Å². The lowest BCUT2D eigenvalue weighted by molar-refractivity contribution is 0.0937. The maximum Gasteiger partial charge on any atom is 0.251 e. The summed E-state index contributed by atoms with van der Waals surface area (Å²) in [5.41, 5.74) is 6.07. The highest BCUT2D eigenvalue weighted by Gasteiger charge is 2.23. The van der Waals surface area contributed by atoms with Crippen LogP contribution in [0.1, 0.15) is 29.6 Å². The van der Waals surface area contributed by atoms with Crippen molar-refractivity contribution in [3.8, 4) is 5.75 Å². The molecule has 4 nitrogen and oxygen atoms in total. The van der Waals surface area contributed by atoms with Gasteiger partial charge in [0.15, 0.2) is 11.6 Å². The fourth-order valence-electron chi connectivity index (χ4n) is 2.22. The third-order valence-corrected chi connectivity index (χ3v) is 3.22. The summed E-state index contributed by atoms with van der Waals surface area (Å²) >= 11 is 0. The Morgan fingerprint density at radius 2 is 2.28 bits per heavy atom. The number of nitrogens with one attached hydrogen (secondary N) is 1. The standard InChI is InChI=1S/C13H17FN2O2/c1-18-12-5-2-8(6-11(12)14)13(17)16-10-4-3-9(15)7-10/h2,5-6,9-10H,3-4,7,15H2,1H3,(H,16,17). The highest BCUT2D eigenvalue weighted by molar-refractivity contribution is 5.94. The molecule has 1 aliphatic rings. The molecule has 2 atom stereocenters. The summed E-state index contributed by atoms with van der Waals surface area (Å²) in [6, 6.07) is 4.43. The molecule has 18 heavy (non-hydrogen) atoms. The van der Waals surface area contributed by atoms with Gasteiger partial charge in [0, 0.05) is 17.6 Å². The quantitative estimate of drug-likeness (QED) is 0.855. The Balaban J connectivity index is 2.02. The van der Waals surface area contributed by atoms with E-state index in [0.717, 1.165) is 19.3 Å². The molecule has 1 amide bonds. The van der Waals surface area contributed by atoms with Gasteiger partial charge in [0.25, 0.3) is 5.91 Å². The molecule has 0 bridgehead atoms.